The molecular weight excluding hydrogens is 142 g/mol. The van der Waals surface area contributed by atoms with Gasteiger partial charge in [0.25, 0.3) is 0 Å². The molecule has 0 fully saturated rings. The summed E-state index contributed by atoms with van der Waals surface area (Å²) in [4.78, 5) is 9.27. The highest BCUT2D eigenvalue weighted by Gasteiger charge is 1.99. The summed E-state index contributed by atoms with van der Waals surface area (Å²) in [5, 5.41) is 18.3. The average Bonchev–Trinajstić information content (AvgIpc) is 1.63. The predicted molar refractivity (Wildman–Crippen MR) is 36.0 cm³/mol. The first-order valence-corrected chi connectivity index (χ1v) is 3.66. The van der Waals surface area contributed by atoms with E-state index in [1.165, 1.54) is 0 Å². The second-order valence-electron chi connectivity index (χ2n) is 1.68. The molecular formula is C4H9NO3S. The fraction of sp³-hybridized carbons (Fsp3) is 1.00. The van der Waals surface area contributed by atoms with Gasteiger partial charge in [-0.25, -0.2) is 0 Å². The van der Waals surface area contributed by atoms with Crippen molar-refractivity contribution in [1.82, 2.24) is 0 Å². The predicted octanol–water partition coefficient (Wildman–Crippen LogP) is 0.335. The van der Waals surface area contributed by atoms with Gasteiger partial charge in [0, 0.05) is 10.7 Å². The van der Waals surface area contributed by atoms with E-state index in [0.717, 1.165) is 11.8 Å². The van der Waals surface area contributed by atoms with Crippen LogP contribution in [0.25, 0.3) is 0 Å². The molecule has 54 valence electrons. The third-order valence-corrected chi connectivity index (χ3v) is 1.67. The fourth-order valence-corrected chi connectivity index (χ4v) is 0.893. The molecule has 1 N–H and O–H groups in total. The van der Waals surface area contributed by atoms with Crippen molar-refractivity contribution in [1.29, 1.82) is 0 Å². The molecule has 0 spiro atoms. The standard InChI is InChI=1S/C4H9NO3S/c1-4(6)2-9-3-5(7)8/h4,6H,2-3H2,1H3. The monoisotopic (exact) mass is 151 g/mol. The highest BCUT2D eigenvalue weighted by Crippen LogP contribution is 2.01. The van der Waals surface area contributed by atoms with E-state index in [9.17, 15) is 10.1 Å². The SMILES string of the molecule is CC(O)CSC[N+](=O)[O-]. The van der Waals surface area contributed by atoms with Crippen molar-refractivity contribution < 1.29 is 10.0 Å². The van der Waals surface area contributed by atoms with E-state index in [0.29, 0.717) is 5.75 Å². The largest absolute Gasteiger partial charge is 0.393 e. The molecule has 0 aliphatic rings. The Bertz CT molecular complexity index is 95.8. The van der Waals surface area contributed by atoms with Crippen molar-refractivity contribution in [2.75, 3.05) is 11.6 Å². The maximum Gasteiger partial charge on any atom is 0.249 e. The number of thioether (sulfide) groups is 1. The topological polar surface area (TPSA) is 63.4 Å². The Hall–Kier alpha value is -0.290. The van der Waals surface area contributed by atoms with Crippen molar-refractivity contribution in [3.05, 3.63) is 10.1 Å². The van der Waals surface area contributed by atoms with E-state index < -0.39 is 11.0 Å². The second kappa shape index (κ2) is 4.58. The lowest BCUT2D eigenvalue weighted by Gasteiger charge is -1.97. The summed E-state index contributed by atoms with van der Waals surface area (Å²) < 4.78 is 0. The van der Waals surface area contributed by atoms with Gasteiger partial charge in [-0.05, 0) is 6.92 Å². The Morgan fingerprint density at radius 3 is 2.78 bits per heavy atom. The van der Waals surface area contributed by atoms with Gasteiger partial charge < -0.3 is 5.11 Å². The smallest absolute Gasteiger partial charge is 0.249 e. The summed E-state index contributed by atoms with van der Waals surface area (Å²) in [5.74, 6) is 0.311. The lowest BCUT2D eigenvalue weighted by Crippen LogP contribution is -2.06. The minimum atomic E-state index is -0.449. The Balaban J connectivity index is 3.01. The van der Waals surface area contributed by atoms with Gasteiger partial charge in [-0.3, -0.25) is 10.1 Å². The first-order chi connectivity index (χ1) is 4.13. The van der Waals surface area contributed by atoms with Crippen molar-refractivity contribution in [3.8, 4) is 0 Å². The Morgan fingerprint density at radius 1 is 1.89 bits per heavy atom. The second-order valence-corrected chi connectivity index (χ2v) is 2.68. The van der Waals surface area contributed by atoms with E-state index in [-0.39, 0.29) is 5.88 Å². The quantitative estimate of drug-likeness (QED) is 0.357. The van der Waals surface area contributed by atoms with Crippen LogP contribution in [0.15, 0.2) is 0 Å². The summed E-state index contributed by atoms with van der Waals surface area (Å²) in [7, 11) is 0. The number of rotatable bonds is 4. The molecule has 0 saturated carbocycles. The van der Waals surface area contributed by atoms with Crippen LogP contribution in [-0.4, -0.2) is 27.8 Å². The molecule has 0 aliphatic heterocycles. The number of nitro groups is 1. The summed E-state index contributed by atoms with van der Waals surface area (Å²) in [6.45, 7) is 1.60. The zero-order chi connectivity index (χ0) is 7.28. The van der Waals surface area contributed by atoms with Crippen molar-refractivity contribution >= 4 is 11.8 Å². The molecule has 1 atom stereocenters. The van der Waals surface area contributed by atoms with E-state index in [4.69, 9.17) is 5.11 Å². The van der Waals surface area contributed by atoms with E-state index in [2.05, 4.69) is 0 Å². The highest BCUT2D eigenvalue weighted by atomic mass is 32.2. The number of aliphatic hydroxyl groups is 1. The summed E-state index contributed by atoms with van der Waals surface area (Å²) in [6, 6.07) is 0. The van der Waals surface area contributed by atoms with Gasteiger partial charge in [-0.1, -0.05) is 11.8 Å². The van der Waals surface area contributed by atoms with Crippen LogP contribution in [-0.2, 0) is 0 Å². The van der Waals surface area contributed by atoms with Gasteiger partial charge in [0.15, 0.2) is 0 Å². The first kappa shape index (κ1) is 8.71. The molecule has 0 radical (unpaired) electrons. The fourth-order valence-electron chi connectivity index (χ4n) is 0.298. The minimum absolute atomic E-state index is 0.120. The van der Waals surface area contributed by atoms with Gasteiger partial charge in [0.05, 0.1) is 6.10 Å². The molecule has 0 aliphatic carbocycles. The van der Waals surface area contributed by atoms with Crippen LogP contribution in [0.1, 0.15) is 6.92 Å². The van der Waals surface area contributed by atoms with Gasteiger partial charge in [0.2, 0.25) is 5.88 Å². The highest BCUT2D eigenvalue weighted by molar-refractivity contribution is 7.99. The molecule has 5 heteroatoms. The number of nitrogens with zero attached hydrogens (tertiary/aromatic N) is 1. The lowest BCUT2D eigenvalue weighted by molar-refractivity contribution is -0.456. The van der Waals surface area contributed by atoms with E-state index >= 15 is 0 Å². The summed E-state index contributed by atoms with van der Waals surface area (Å²) in [6.07, 6.45) is -0.449. The molecule has 1 unspecified atom stereocenters. The molecule has 0 aromatic rings. The van der Waals surface area contributed by atoms with Gasteiger partial charge in [0.1, 0.15) is 0 Å². The molecule has 4 nitrogen and oxygen atoms in total. The molecule has 0 aromatic heterocycles. The van der Waals surface area contributed by atoms with Gasteiger partial charge in [-0.2, -0.15) is 0 Å². The maximum atomic E-state index is 9.68. The van der Waals surface area contributed by atoms with Crippen LogP contribution >= 0.6 is 11.8 Å². The molecule has 0 amide bonds. The first-order valence-electron chi connectivity index (χ1n) is 2.50. The van der Waals surface area contributed by atoms with Crippen LogP contribution in [0.5, 0.6) is 0 Å². The van der Waals surface area contributed by atoms with Crippen LogP contribution in [0.3, 0.4) is 0 Å². The van der Waals surface area contributed by atoms with Crippen LogP contribution in [0, 0.1) is 10.1 Å². The third-order valence-electron chi connectivity index (χ3n) is 0.556. The zero-order valence-electron chi connectivity index (χ0n) is 5.11. The van der Waals surface area contributed by atoms with E-state index in [1.807, 2.05) is 0 Å². The Kier molecular flexibility index (Phi) is 4.43. The maximum absolute atomic E-state index is 9.68. The van der Waals surface area contributed by atoms with Crippen LogP contribution < -0.4 is 0 Å². The van der Waals surface area contributed by atoms with Gasteiger partial charge >= 0.3 is 0 Å². The van der Waals surface area contributed by atoms with Crippen LogP contribution in [0.4, 0.5) is 0 Å². The molecule has 0 saturated heterocycles. The number of aliphatic hydroxyl groups excluding tert-OH is 1. The molecule has 0 bridgehead atoms. The number of hydrogen-bond acceptors (Lipinski definition) is 4. The molecule has 0 rings (SSSR count). The van der Waals surface area contributed by atoms with Crippen molar-refractivity contribution in [2.45, 2.75) is 13.0 Å². The van der Waals surface area contributed by atoms with Crippen LogP contribution in [0.2, 0.25) is 0 Å². The third kappa shape index (κ3) is 7.71. The summed E-state index contributed by atoms with van der Waals surface area (Å²) >= 11 is 1.12. The summed E-state index contributed by atoms with van der Waals surface area (Å²) in [5.41, 5.74) is 0. The van der Waals surface area contributed by atoms with Crippen molar-refractivity contribution in [3.63, 3.8) is 0 Å². The molecule has 9 heavy (non-hydrogen) atoms. The van der Waals surface area contributed by atoms with Gasteiger partial charge in [-0.15, -0.1) is 0 Å². The molecule has 0 aromatic carbocycles. The zero-order valence-corrected chi connectivity index (χ0v) is 5.93. The van der Waals surface area contributed by atoms with E-state index in [1.54, 1.807) is 6.92 Å². The Labute approximate surface area is 57.4 Å². The number of hydrogen-bond donors (Lipinski definition) is 1. The Morgan fingerprint density at radius 2 is 2.44 bits per heavy atom. The normalized spacial score (nSPS) is 13.1. The van der Waals surface area contributed by atoms with Crippen molar-refractivity contribution in [2.24, 2.45) is 0 Å². The minimum Gasteiger partial charge on any atom is -0.393 e. The average molecular weight is 151 g/mol. The molecule has 0 heterocycles. The lowest BCUT2D eigenvalue weighted by atomic mass is 10.5.